The van der Waals surface area contributed by atoms with Gasteiger partial charge in [0.1, 0.15) is 5.01 Å². The van der Waals surface area contributed by atoms with Crippen LogP contribution in [0.1, 0.15) is 36.6 Å². The highest BCUT2D eigenvalue weighted by molar-refractivity contribution is 7.15. The number of rotatable bonds is 5. The monoisotopic (exact) mass is 380 g/mol. The third kappa shape index (κ3) is 3.37. The Morgan fingerprint density at radius 2 is 1.93 bits per heavy atom. The van der Waals surface area contributed by atoms with Gasteiger partial charge in [-0.2, -0.15) is 5.10 Å². The van der Waals surface area contributed by atoms with Crippen molar-refractivity contribution >= 4 is 16.5 Å². The molecule has 2 fully saturated rings. The van der Waals surface area contributed by atoms with Gasteiger partial charge in [-0.1, -0.05) is 11.3 Å². The number of nitrogens with zero attached hydrogens (tertiary/aromatic N) is 6. The minimum Gasteiger partial charge on any atom is -0.342 e. The van der Waals surface area contributed by atoms with E-state index in [2.05, 4.69) is 25.2 Å². The van der Waals surface area contributed by atoms with Gasteiger partial charge in [-0.3, -0.25) is 9.78 Å². The van der Waals surface area contributed by atoms with Crippen molar-refractivity contribution in [1.29, 1.82) is 0 Å². The highest BCUT2D eigenvalue weighted by atomic mass is 32.1. The second kappa shape index (κ2) is 6.84. The van der Waals surface area contributed by atoms with Gasteiger partial charge in [0.25, 0.3) is 5.56 Å². The lowest BCUT2D eigenvalue weighted by Gasteiger charge is -2.23. The molecule has 0 aromatic carbocycles. The lowest BCUT2D eigenvalue weighted by atomic mass is 10.2. The molecule has 1 aliphatic heterocycles. The summed E-state index contributed by atoms with van der Waals surface area (Å²) in [7, 11) is 0. The molecule has 8 heteroatoms. The van der Waals surface area contributed by atoms with Crippen molar-refractivity contribution in [2.24, 2.45) is 0 Å². The van der Waals surface area contributed by atoms with Crippen LogP contribution in [0.3, 0.4) is 0 Å². The molecule has 0 N–H and O–H groups in total. The zero-order valence-corrected chi connectivity index (χ0v) is 15.7. The first-order valence-corrected chi connectivity index (χ1v) is 10.2. The van der Waals surface area contributed by atoms with E-state index < -0.39 is 0 Å². The highest BCUT2D eigenvalue weighted by Crippen LogP contribution is 2.43. The van der Waals surface area contributed by atoms with E-state index in [1.165, 1.54) is 12.8 Å². The minimum absolute atomic E-state index is 0.0735. The molecule has 0 bridgehead atoms. The Kier molecular flexibility index (Phi) is 4.20. The minimum atomic E-state index is -0.0735. The summed E-state index contributed by atoms with van der Waals surface area (Å²) >= 11 is 1.71. The normalized spacial score (nSPS) is 19.6. The van der Waals surface area contributed by atoms with E-state index in [0.29, 0.717) is 12.5 Å². The lowest BCUT2D eigenvalue weighted by Crippen LogP contribution is -2.37. The average Bonchev–Trinajstić information content (AvgIpc) is 3.25. The van der Waals surface area contributed by atoms with Gasteiger partial charge in [0.15, 0.2) is 0 Å². The molecule has 3 aromatic rings. The van der Waals surface area contributed by atoms with Gasteiger partial charge in [-0.15, -0.1) is 10.2 Å². The maximum atomic E-state index is 12.4. The Bertz CT molecular complexity index is 997. The molecule has 1 atom stereocenters. The number of anilines is 1. The average molecular weight is 380 g/mol. The molecule has 1 saturated heterocycles. The molecule has 1 unspecified atom stereocenters. The fraction of sp³-hybridized carbons (Fsp3) is 0.421. The summed E-state index contributed by atoms with van der Waals surface area (Å²) in [6.07, 6.45) is 8.07. The molecule has 27 heavy (non-hydrogen) atoms. The fourth-order valence-corrected chi connectivity index (χ4v) is 4.68. The Labute approximate surface area is 160 Å². The molecule has 0 spiro atoms. The Morgan fingerprint density at radius 3 is 2.74 bits per heavy atom. The van der Waals surface area contributed by atoms with Gasteiger partial charge in [-0.05, 0) is 43.9 Å². The third-order valence-corrected chi connectivity index (χ3v) is 6.33. The van der Waals surface area contributed by atoms with E-state index in [1.807, 2.05) is 12.1 Å². The quantitative estimate of drug-likeness (QED) is 0.677. The fourth-order valence-electron chi connectivity index (χ4n) is 3.57. The molecule has 1 saturated carbocycles. The molecule has 0 radical (unpaired) electrons. The second-order valence-electron chi connectivity index (χ2n) is 7.16. The lowest BCUT2D eigenvalue weighted by molar-refractivity contribution is 0.489. The van der Waals surface area contributed by atoms with E-state index in [4.69, 9.17) is 0 Å². The summed E-state index contributed by atoms with van der Waals surface area (Å²) in [6.45, 7) is 1.53. The number of hydrogen-bond acceptors (Lipinski definition) is 7. The van der Waals surface area contributed by atoms with Crippen molar-refractivity contribution in [3.8, 4) is 11.3 Å². The van der Waals surface area contributed by atoms with Crippen LogP contribution >= 0.6 is 11.3 Å². The van der Waals surface area contributed by atoms with Gasteiger partial charge in [0, 0.05) is 36.5 Å². The molecule has 5 rings (SSSR count). The summed E-state index contributed by atoms with van der Waals surface area (Å²) < 4.78 is 1.58. The molecule has 3 aromatic heterocycles. The van der Waals surface area contributed by atoms with Gasteiger partial charge < -0.3 is 4.90 Å². The molecule has 138 valence electrons. The van der Waals surface area contributed by atoms with Crippen molar-refractivity contribution in [3.63, 3.8) is 0 Å². The zero-order valence-electron chi connectivity index (χ0n) is 14.9. The summed E-state index contributed by atoms with van der Waals surface area (Å²) in [5, 5.41) is 15.5. The van der Waals surface area contributed by atoms with Gasteiger partial charge in [0.05, 0.1) is 18.3 Å². The SMILES string of the molecule is O=c1ccc(-c2ccncc2)nn1CC1CCCN1c1nnc(C2CC2)s1. The Balaban J connectivity index is 1.39. The van der Waals surface area contributed by atoms with Crippen molar-refractivity contribution in [1.82, 2.24) is 25.0 Å². The number of aromatic nitrogens is 5. The van der Waals surface area contributed by atoms with E-state index >= 15 is 0 Å². The maximum absolute atomic E-state index is 12.4. The van der Waals surface area contributed by atoms with E-state index in [9.17, 15) is 4.79 Å². The Morgan fingerprint density at radius 1 is 1.07 bits per heavy atom. The summed E-state index contributed by atoms with van der Waals surface area (Å²) in [5.74, 6) is 0.624. The second-order valence-corrected chi connectivity index (χ2v) is 8.15. The topological polar surface area (TPSA) is 76.8 Å². The van der Waals surface area contributed by atoms with Gasteiger partial charge >= 0.3 is 0 Å². The van der Waals surface area contributed by atoms with Gasteiger partial charge in [0.2, 0.25) is 5.13 Å². The van der Waals surface area contributed by atoms with Crippen LogP contribution in [0.2, 0.25) is 0 Å². The number of hydrogen-bond donors (Lipinski definition) is 0. The standard InChI is InChI=1S/C19H20N6OS/c26-17-6-5-16(13-7-9-20-10-8-13)23-25(17)12-15-2-1-11-24(15)19-22-21-18(27-19)14-3-4-14/h5-10,14-15H,1-4,11-12H2. The van der Waals surface area contributed by atoms with Crippen molar-refractivity contribution in [2.75, 3.05) is 11.4 Å². The smallest absolute Gasteiger partial charge is 0.266 e. The van der Waals surface area contributed by atoms with Crippen molar-refractivity contribution < 1.29 is 0 Å². The van der Waals surface area contributed by atoms with Crippen LogP contribution in [-0.2, 0) is 6.54 Å². The maximum Gasteiger partial charge on any atom is 0.266 e. The van der Waals surface area contributed by atoms with E-state index in [-0.39, 0.29) is 11.6 Å². The molecular weight excluding hydrogens is 360 g/mol. The molecule has 2 aliphatic rings. The summed E-state index contributed by atoms with van der Waals surface area (Å²) in [4.78, 5) is 18.7. The van der Waals surface area contributed by atoms with Crippen LogP contribution in [-0.4, -0.2) is 37.5 Å². The molecule has 7 nitrogen and oxygen atoms in total. The first-order chi connectivity index (χ1) is 13.3. The van der Waals surface area contributed by atoms with Crippen LogP contribution in [0.4, 0.5) is 5.13 Å². The molecule has 0 amide bonds. The van der Waals surface area contributed by atoms with Crippen molar-refractivity contribution in [3.05, 3.63) is 52.0 Å². The van der Waals surface area contributed by atoms with Crippen LogP contribution in [0.25, 0.3) is 11.3 Å². The third-order valence-electron chi connectivity index (χ3n) is 5.21. The van der Waals surface area contributed by atoms with Gasteiger partial charge in [-0.25, -0.2) is 4.68 Å². The van der Waals surface area contributed by atoms with E-state index in [0.717, 1.165) is 40.8 Å². The van der Waals surface area contributed by atoms with Crippen LogP contribution in [0.15, 0.2) is 41.5 Å². The largest absolute Gasteiger partial charge is 0.342 e. The molecule has 1 aliphatic carbocycles. The summed E-state index contributed by atoms with van der Waals surface area (Å²) in [5.41, 5.74) is 1.67. The first-order valence-electron chi connectivity index (χ1n) is 9.36. The molecular formula is C19H20N6OS. The van der Waals surface area contributed by atoms with Crippen LogP contribution in [0, 0.1) is 0 Å². The first kappa shape index (κ1) is 16.6. The summed E-state index contributed by atoms with van der Waals surface area (Å²) in [6, 6.07) is 7.40. The predicted molar refractivity (Wildman–Crippen MR) is 104 cm³/mol. The molecule has 4 heterocycles. The zero-order chi connectivity index (χ0) is 18.2. The number of pyridine rings is 1. The van der Waals surface area contributed by atoms with Crippen LogP contribution < -0.4 is 10.5 Å². The Hall–Kier alpha value is -2.61. The van der Waals surface area contributed by atoms with E-state index in [1.54, 1.807) is 40.5 Å². The van der Waals surface area contributed by atoms with Crippen LogP contribution in [0.5, 0.6) is 0 Å². The highest BCUT2D eigenvalue weighted by Gasteiger charge is 2.32. The van der Waals surface area contributed by atoms with Crippen molar-refractivity contribution in [2.45, 2.75) is 44.2 Å². The predicted octanol–water partition coefficient (Wildman–Crippen LogP) is 2.70.